The van der Waals surface area contributed by atoms with Crippen molar-refractivity contribution >= 4 is 11.6 Å². The van der Waals surface area contributed by atoms with Crippen LogP contribution in [0.1, 0.15) is 17.5 Å². The standard InChI is InChI=1S/C19H21FN2O/c20-17-7-3-1-5-15(17)9-10-19(23)21-12-14-22-13-11-16-6-2-4-8-18(16)22/h1-8H,9-14H2,(H,21,23). The molecule has 0 spiro atoms. The highest BCUT2D eigenvalue weighted by Gasteiger charge is 2.17. The van der Waals surface area contributed by atoms with Gasteiger partial charge in [-0.05, 0) is 36.1 Å². The van der Waals surface area contributed by atoms with Crippen LogP contribution in [-0.2, 0) is 17.6 Å². The third kappa shape index (κ3) is 3.89. The molecule has 1 N–H and O–H groups in total. The summed E-state index contributed by atoms with van der Waals surface area (Å²) >= 11 is 0. The van der Waals surface area contributed by atoms with Gasteiger partial charge in [-0.3, -0.25) is 4.79 Å². The van der Waals surface area contributed by atoms with Crippen LogP contribution in [0.25, 0.3) is 0 Å². The average molecular weight is 312 g/mol. The molecule has 1 aliphatic heterocycles. The topological polar surface area (TPSA) is 32.3 Å². The number of rotatable bonds is 6. The number of benzene rings is 2. The van der Waals surface area contributed by atoms with E-state index in [-0.39, 0.29) is 11.7 Å². The Morgan fingerprint density at radius 3 is 2.78 bits per heavy atom. The zero-order valence-electron chi connectivity index (χ0n) is 13.1. The fourth-order valence-corrected chi connectivity index (χ4v) is 3.01. The van der Waals surface area contributed by atoms with Crippen LogP contribution in [0.15, 0.2) is 48.5 Å². The maximum Gasteiger partial charge on any atom is 0.220 e. The molecule has 1 aliphatic rings. The molecule has 0 unspecified atom stereocenters. The van der Waals surface area contributed by atoms with Crippen molar-refractivity contribution in [1.29, 1.82) is 0 Å². The Hall–Kier alpha value is -2.36. The number of hydrogen-bond acceptors (Lipinski definition) is 2. The van der Waals surface area contributed by atoms with Crippen molar-refractivity contribution in [2.45, 2.75) is 19.3 Å². The lowest BCUT2D eigenvalue weighted by molar-refractivity contribution is -0.121. The minimum atomic E-state index is -0.242. The van der Waals surface area contributed by atoms with E-state index in [1.807, 2.05) is 6.07 Å². The largest absolute Gasteiger partial charge is 0.369 e. The van der Waals surface area contributed by atoms with Gasteiger partial charge in [0.05, 0.1) is 0 Å². The molecule has 3 nitrogen and oxygen atoms in total. The molecule has 1 amide bonds. The van der Waals surface area contributed by atoms with Crippen molar-refractivity contribution < 1.29 is 9.18 Å². The molecule has 0 saturated heterocycles. The van der Waals surface area contributed by atoms with E-state index in [1.54, 1.807) is 18.2 Å². The lowest BCUT2D eigenvalue weighted by Gasteiger charge is -2.19. The van der Waals surface area contributed by atoms with Crippen LogP contribution in [0.2, 0.25) is 0 Å². The van der Waals surface area contributed by atoms with Crippen LogP contribution in [-0.4, -0.2) is 25.5 Å². The molecule has 4 heteroatoms. The van der Waals surface area contributed by atoms with E-state index in [4.69, 9.17) is 0 Å². The molecule has 0 aromatic heterocycles. The highest BCUT2D eigenvalue weighted by atomic mass is 19.1. The Morgan fingerprint density at radius 1 is 1.13 bits per heavy atom. The SMILES string of the molecule is O=C(CCc1ccccc1F)NCCN1CCc2ccccc21. The fourth-order valence-electron chi connectivity index (χ4n) is 3.01. The van der Waals surface area contributed by atoms with Gasteiger partial charge in [0, 0.05) is 31.7 Å². The van der Waals surface area contributed by atoms with Crippen molar-refractivity contribution in [2.24, 2.45) is 0 Å². The lowest BCUT2D eigenvalue weighted by atomic mass is 10.1. The van der Waals surface area contributed by atoms with Crippen LogP contribution in [0.4, 0.5) is 10.1 Å². The first kappa shape index (κ1) is 15.5. The van der Waals surface area contributed by atoms with E-state index >= 15 is 0 Å². The second-order valence-corrected chi connectivity index (χ2v) is 5.81. The average Bonchev–Trinajstić information content (AvgIpc) is 2.98. The first-order valence-electron chi connectivity index (χ1n) is 8.07. The second-order valence-electron chi connectivity index (χ2n) is 5.81. The summed E-state index contributed by atoms with van der Waals surface area (Å²) in [4.78, 5) is 14.2. The number of nitrogens with one attached hydrogen (secondary N) is 1. The molecule has 0 aliphatic carbocycles. The first-order chi connectivity index (χ1) is 11.2. The van der Waals surface area contributed by atoms with Crippen LogP contribution in [0.5, 0.6) is 0 Å². The Balaban J connectivity index is 1.41. The number of carbonyl (C=O) groups is 1. The smallest absolute Gasteiger partial charge is 0.220 e. The summed E-state index contributed by atoms with van der Waals surface area (Å²) in [6.07, 6.45) is 1.82. The third-order valence-electron chi connectivity index (χ3n) is 4.27. The zero-order chi connectivity index (χ0) is 16.1. The molecule has 120 valence electrons. The number of amides is 1. The van der Waals surface area contributed by atoms with E-state index in [1.165, 1.54) is 17.3 Å². The van der Waals surface area contributed by atoms with Crippen molar-refractivity contribution in [3.05, 3.63) is 65.5 Å². The van der Waals surface area contributed by atoms with Gasteiger partial charge in [-0.2, -0.15) is 0 Å². The Kier molecular flexibility index (Phi) is 4.91. The number of halogens is 1. The van der Waals surface area contributed by atoms with Crippen LogP contribution < -0.4 is 10.2 Å². The molecule has 2 aromatic carbocycles. The summed E-state index contributed by atoms with van der Waals surface area (Å²) in [5.74, 6) is -0.269. The molecule has 2 aromatic rings. The lowest BCUT2D eigenvalue weighted by Crippen LogP contribution is -2.34. The number of hydrogen-bond donors (Lipinski definition) is 1. The van der Waals surface area contributed by atoms with Crippen LogP contribution >= 0.6 is 0 Å². The molecule has 3 rings (SSSR count). The van der Waals surface area contributed by atoms with Gasteiger partial charge in [0.15, 0.2) is 0 Å². The highest BCUT2D eigenvalue weighted by Crippen LogP contribution is 2.26. The van der Waals surface area contributed by atoms with Gasteiger partial charge in [-0.15, -0.1) is 0 Å². The second kappa shape index (κ2) is 7.27. The molecular formula is C19H21FN2O. The van der Waals surface area contributed by atoms with Crippen molar-refractivity contribution in [1.82, 2.24) is 5.32 Å². The number of para-hydroxylation sites is 1. The first-order valence-corrected chi connectivity index (χ1v) is 8.07. The maximum absolute atomic E-state index is 13.5. The normalized spacial score (nSPS) is 13.0. The minimum Gasteiger partial charge on any atom is -0.369 e. The molecule has 0 saturated carbocycles. The maximum atomic E-state index is 13.5. The summed E-state index contributed by atoms with van der Waals surface area (Å²) < 4.78 is 13.5. The summed E-state index contributed by atoms with van der Waals surface area (Å²) in [6.45, 7) is 2.43. The number of carbonyl (C=O) groups excluding carboxylic acids is 1. The molecule has 0 fully saturated rings. The molecule has 1 heterocycles. The fraction of sp³-hybridized carbons (Fsp3) is 0.316. The number of fused-ring (bicyclic) bond motifs is 1. The number of anilines is 1. The Morgan fingerprint density at radius 2 is 1.91 bits per heavy atom. The van der Waals surface area contributed by atoms with E-state index in [9.17, 15) is 9.18 Å². The van der Waals surface area contributed by atoms with E-state index in [0.717, 1.165) is 19.5 Å². The van der Waals surface area contributed by atoms with Gasteiger partial charge in [0.25, 0.3) is 0 Å². The van der Waals surface area contributed by atoms with Crippen LogP contribution in [0.3, 0.4) is 0 Å². The molecule has 0 atom stereocenters. The van der Waals surface area contributed by atoms with Gasteiger partial charge < -0.3 is 10.2 Å². The summed E-state index contributed by atoms with van der Waals surface area (Å²) in [5.41, 5.74) is 3.24. The Bertz CT molecular complexity index is 687. The van der Waals surface area contributed by atoms with Crippen molar-refractivity contribution in [3.8, 4) is 0 Å². The van der Waals surface area contributed by atoms with Gasteiger partial charge in [-0.25, -0.2) is 4.39 Å². The summed E-state index contributed by atoms with van der Waals surface area (Å²) in [5, 5.41) is 2.93. The quantitative estimate of drug-likeness (QED) is 0.889. The van der Waals surface area contributed by atoms with Crippen molar-refractivity contribution in [3.63, 3.8) is 0 Å². The van der Waals surface area contributed by atoms with Crippen LogP contribution in [0, 0.1) is 5.82 Å². The van der Waals surface area contributed by atoms with E-state index < -0.39 is 0 Å². The van der Waals surface area contributed by atoms with Gasteiger partial charge >= 0.3 is 0 Å². The predicted molar refractivity (Wildman–Crippen MR) is 90.1 cm³/mol. The number of nitrogens with zero attached hydrogens (tertiary/aromatic N) is 1. The molecular weight excluding hydrogens is 291 g/mol. The summed E-state index contributed by atoms with van der Waals surface area (Å²) in [6, 6.07) is 15.0. The van der Waals surface area contributed by atoms with Crippen molar-refractivity contribution in [2.75, 3.05) is 24.5 Å². The van der Waals surface area contributed by atoms with Gasteiger partial charge in [0.1, 0.15) is 5.82 Å². The minimum absolute atomic E-state index is 0.0271. The van der Waals surface area contributed by atoms with E-state index in [2.05, 4.69) is 28.4 Å². The monoisotopic (exact) mass is 312 g/mol. The number of aryl methyl sites for hydroxylation is 1. The zero-order valence-corrected chi connectivity index (χ0v) is 13.1. The molecule has 0 bridgehead atoms. The van der Waals surface area contributed by atoms with E-state index in [0.29, 0.717) is 24.9 Å². The van der Waals surface area contributed by atoms with Gasteiger partial charge in [-0.1, -0.05) is 36.4 Å². The van der Waals surface area contributed by atoms with Gasteiger partial charge in [0.2, 0.25) is 5.91 Å². The third-order valence-corrected chi connectivity index (χ3v) is 4.27. The predicted octanol–water partition coefficient (Wildman–Crippen LogP) is 2.94. The molecule has 0 radical (unpaired) electrons. The molecule has 23 heavy (non-hydrogen) atoms. The Labute approximate surface area is 136 Å². The summed E-state index contributed by atoms with van der Waals surface area (Å²) in [7, 11) is 0. The highest BCUT2D eigenvalue weighted by molar-refractivity contribution is 5.76.